The Bertz CT molecular complexity index is 441. The molecule has 1 amide bonds. The van der Waals surface area contributed by atoms with E-state index in [0.717, 1.165) is 19.5 Å². The summed E-state index contributed by atoms with van der Waals surface area (Å²) in [5, 5.41) is 0. The largest absolute Gasteiger partial charge is 0.342 e. The van der Waals surface area contributed by atoms with E-state index in [-0.39, 0.29) is 17.6 Å². The zero-order valence-electron chi connectivity index (χ0n) is 12.5. The van der Waals surface area contributed by atoms with Gasteiger partial charge in [0.25, 0.3) is 0 Å². The molecule has 1 unspecified atom stereocenters. The highest BCUT2D eigenvalue weighted by molar-refractivity contribution is 7.89. The molecule has 2 fully saturated rings. The van der Waals surface area contributed by atoms with E-state index in [4.69, 9.17) is 0 Å². The number of carbonyl (C=O) groups excluding carboxylic acids is 1. The molecule has 0 bridgehead atoms. The highest BCUT2D eigenvalue weighted by Gasteiger charge is 2.33. The molecular weight excluding hydrogens is 276 g/mol. The second-order valence-electron chi connectivity index (χ2n) is 6.11. The summed E-state index contributed by atoms with van der Waals surface area (Å²) in [7, 11) is -3.10. The van der Waals surface area contributed by atoms with Gasteiger partial charge < -0.3 is 4.90 Å². The van der Waals surface area contributed by atoms with Crippen LogP contribution in [0.2, 0.25) is 0 Å². The van der Waals surface area contributed by atoms with Crippen LogP contribution in [-0.4, -0.2) is 55.5 Å². The first-order valence-corrected chi connectivity index (χ1v) is 9.31. The fraction of sp³-hybridized carbons (Fsp3) is 0.929. The third-order valence-electron chi connectivity index (χ3n) is 4.53. The smallest absolute Gasteiger partial charge is 0.225 e. The van der Waals surface area contributed by atoms with Crippen molar-refractivity contribution < 1.29 is 13.2 Å². The van der Waals surface area contributed by atoms with E-state index in [1.54, 1.807) is 6.92 Å². The van der Waals surface area contributed by atoms with Gasteiger partial charge in [-0.05, 0) is 38.5 Å². The Kier molecular flexibility index (Phi) is 5.07. The molecule has 0 saturated carbocycles. The van der Waals surface area contributed by atoms with Crippen LogP contribution in [0.15, 0.2) is 0 Å². The molecule has 0 spiro atoms. The molecule has 0 aliphatic carbocycles. The van der Waals surface area contributed by atoms with Crippen molar-refractivity contribution in [2.75, 3.05) is 31.9 Å². The topological polar surface area (TPSA) is 57.7 Å². The summed E-state index contributed by atoms with van der Waals surface area (Å²) in [6, 6.07) is 0. The molecule has 2 heterocycles. The van der Waals surface area contributed by atoms with Gasteiger partial charge in [0.15, 0.2) is 0 Å². The van der Waals surface area contributed by atoms with Gasteiger partial charge in [0.05, 0.1) is 5.75 Å². The molecule has 116 valence electrons. The summed E-state index contributed by atoms with van der Waals surface area (Å²) in [6.07, 6.45) is 3.64. The van der Waals surface area contributed by atoms with E-state index in [1.807, 2.05) is 4.90 Å². The SMILES string of the molecule is CCS(=O)(=O)N1CCC(C(=O)N2CCCC(C)C2)CC1. The monoisotopic (exact) mass is 302 g/mol. The highest BCUT2D eigenvalue weighted by atomic mass is 32.2. The van der Waals surface area contributed by atoms with Crippen molar-refractivity contribution in [3.05, 3.63) is 0 Å². The zero-order chi connectivity index (χ0) is 14.8. The van der Waals surface area contributed by atoms with Crippen molar-refractivity contribution in [2.24, 2.45) is 11.8 Å². The molecular formula is C14H26N2O3S. The van der Waals surface area contributed by atoms with Gasteiger partial charge in [0.2, 0.25) is 15.9 Å². The Hall–Kier alpha value is -0.620. The second kappa shape index (κ2) is 6.43. The minimum Gasteiger partial charge on any atom is -0.342 e. The van der Waals surface area contributed by atoms with Gasteiger partial charge in [-0.1, -0.05) is 6.92 Å². The van der Waals surface area contributed by atoms with E-state index in [9.17, 15) is 13.2 Å². The van der Waals surface area contributed by atoms with Crippen molar-refractivity contribution in [3.63, 3.8) is 0 Å². The van der Waals surface area contributed by atoms with Crippen LogP contribution >= 0.6 is 0 Å². The summed E-state index contributed by atoms with van der Waals surface area (Å²) in [5.74, 6) is 0.997. The summed E-state index contributed by atoms with van der Waals surface area (Å²) >= 11 is 0. The number of rotatable bonds is 3. The standard InChI is InChI=1S/C14H26N2O3S/c1-3-20(18,19)16-9-6-13(7-10-16)14(17)15-8-4-5-12(2)11-15/h12-13H,3-11H2,1-2H3. The van der Waals surface area contributed by atoms with Crippen LogP contribution in [0.3, 0.4) is 0 Å². The molecule has 0 aromatic rings. The number of nitrogens with zero attached hydrogens (tertiary/aromatic N) is 2. The molecule has 20 heavy (non-hydrogen) atoms. The fourth-order valence-corrected chi connectivity index (χ4v) is 4.34. The normalized spacial score (nSPS) is 26.7. The van der Waals surface area contributed by atoms with E-state index in [2.05, 4.69) is 6.92 Å². The van der Waals surface area contributed by atoms with Crippen molar-refractivity contribution >= 4 is 15.9 Å². The van der Waals surface area contributed by atoms with Crippen molar-refractivity contribution in [2.45, 2.75) is 39.5 Å². The van der Waals surface area contributed by atoms with Crippen LogP contribution in [0, 0.1) is 11.8 Å². The van der Waals surface area contributed by atoms with Gasteiger partial charge in [-0.3, -0.25) is 4.79 Å². The first-order valence-electron chi connectivity index (χ1n) is 7.70. The number of amides is 1. The molecule has 5 nitrogen and oxygen atoms in total. The third kappa shape index (κ3) is 3.52. The predicted octanol–water partition coefficient (Wildman–Crippen LogP) is 1.31. The summed E-state index contributed by atoms with van der Waals surface area (Å²) < 4.78 is 25.1. The average molecular weight is 302 g/mol. The Morgan fingerprint density at radius 2 is 1.80 bits per heavy atom. The Morgan fingerprint density at radius 3 is 2.35 bits per heavy atom. The summed E-state index contributed by atoms with van der Waals surface area (Å²) in [6.45, 7) is 6.59. The molecule has 0 aromatic carbocycles. The lowest BCUT2D eigenvalue weighted by Gasteiger charge is -2.36. The number of piperidine rings is 2. The van der Waals surface area contributed by atoms with Crippen LogP contribution in [-0.2, 0) is 14.8 Å². The molecule has 2 saturated heterocycles. The van der Waals surface area contributed by atoms with Gasteiger partial charge >= 0.3 is 0 Å². The lowest BCUT2D eigenvalue weighted by atomic mass is 9.93. The van der Waals surface area contributed by atoms with Gasteiger partial charge in [0, 0.05) is 32.1 Å². The molecule has 0 N–H and O–H groups in total. The number of likely N-dealkylation sites (tertiary alicyclic amines) is 1. The fourth-order valence-electron chi connectivity index (χ4n) is 3.21. The van der Waals surface area contributed by atoms with E-state index in [0.29, 0.717) is 31.8 Å². The van der Waals surface area contributed by atoms with Crippen LogP contribution in [0.5, 0.6) is 0 Å². The third-order valence-corrected chi connectivity index (χ3v) is 6.41. The lowest BCUT2D eigenvalue weighted by Crippen LogP contribution is -2.47. The van der Waals surface area contributed by atoms with E-state index >= 15 is 0 Å². The maximum Gasteiger partial charge on any atom is 0.225 e. The number of hydrogen-bond donors (Lipinski definition) is 0. The summed E-state index contributed by atoms with van der Waals surface area (Å²) in [4.78, 5) is 14.5. The molecule has 0 radical (unpaired) electrons. The molecule has 0 aromatic heterocycles. The van der Waals surface area contributed by atoms with E-state index < -0.39 is 10.0 Å². The quantitative estimate of drug-likeness (QED) is 0.790. The molecule has 6 heteroatoms. The molecule has 2 aliphatic rings. The molecule has 2 rings (SSSR count). The average Bonchev–Trinajstić information content (AvgIpc) is 2.46. The Balaban J connectivity index is 1.89. The zero-order valence-corrected chi connectivity index (χ0v) is 13.4. The first kappa shape index (κ1) is 15.8. The van der Waals surface area contributed by atoms with Gasteiger partial charge in [-0.2, -0.15) is 0 Å². The van der Waals surface area contributed by atoms with Crippen LogP contribution in [0.25, 0.3) is 0 Å². The number of hydrogen-bond acceptors (Lipinski definition) is 3. The van der Waals surface area contributed by atoms with Gasteiger partial charge in [0.1, 0.15) is 0 Å². The Morgan fingerprint density at radius 1 is 1.15 bits per heavy atom. The highest BCUT2D eigenvalue weighted by Crippen LogP contribution is 2.24. The lowest BCUT2D eigenvalue weighted by molar-refractivity contribution is -0.138. The molecule has 2 aliphatic heterocycles. The molecule has 1 atom stereocenters. The van der Waals surface area contributed by atoms with E-state index in [1.165, 1.54) is 10.7 Å². The second-order valence-corrected chi connectivity index (χ2v) is 8.36. The number of sulfonamides is 1. The van der Waals surface area contributed by atoms with Crippen LogP contribution < -0.4 is 0 Å². The van der Waals surface area contributed by atoms with Crippen molar-refractivity contribution in [1.82, 2.24) is 9.21 Å². The van der Waals surface area contributed by atoms with Crippen LogP contribution in [0.4, 0.5) is 0 Å². The van der Waals surface area contributed by atoms with Crippen LogP contribution in [0.1, 0.15) is 39.5 Å². The summed E-state index contributed by atoms with van der Waals surface area (Å²) in [5.41, 5.74) is 0. The first-order chi connectivity index (χ1) is 9.44. The van der Waals surface area contributed by atoms with Crippen molar-refractivity contribution in [1.29, 1.82) is 0 Å². The minimum absolute atomic E-state index is 0.0172. The Labute approximate surface area is 122 Å². The van der Waals surface area contributed by atoms with Gasteiger partial charge in [-0.15, -0.1) is 0 Å². The maximum atomic E-state index is 12.5. The minimum atomic E-state index is -3.10. The van der Waals surface area contributed by atoms with Crippen molar-refractivity contribution in [3.8, 4) is 0 Å². The predicted molar refractivity (Wildman–Crippen MR) is 78.7 cm³/mol. The maximum absolute atomic E-state index is 12.5. The van der Waals surface area contributed by atoms with Gasteiger partial charge in [-0.25, -0.2) is 12.7 Å². The number of carbonyl (C=O) groups is 1.